The number of aliphatic hydroxyl groups is 1. The topological polar surface area (TPSA) is 40.5 Å². The Bertz CT molecular complexity index is 451. The predicted octanol–water partition coefficient (Wildman–Crippen LogP) is 2.67. The zero-order valence-electron chi connectivity index (χ0n) is 8.88. The molecule has 0 saturated carbocycles. The first-order chi connectivity index (χ1) is 7.75. The minimum Gasteiger partial charge on any atom is -0.508 e. The molecule has 0 aliphatic rings. The SMILES string of the molecule is Oc1cccc([C@H](O)Cc2ccccc2)c1. The molecule has 2 rings (SSSR count). The summed E-state index contributed by atoms with van der Waals surface area (Å²) >= 11 is 0. The maximum absolute atomic E-state index is 9.99. The van der Waals surface area contributed by atoms with Gasteiger partial charge >= 0.3 is 0 Å². The highest BCUT2D eigenvalue weighted by Gasteiger charge is 2.08. The molecule has 0 fully saturated rings. The van der Waals surface area contributed by atoms with E-state index in [1.165, 1.54) is 0 Å². The van der Waals surface area contributed by atoms with Crippen LogP contribution in [0.1, 0.15) is 17.2 Å². The number of rotatable bonds is 3. The third-order valence-corrected chi connectivity index (χ3v) is 2.53. The second kappa shape index (κ2) is 4.81. The Balaban J connectivity index is 2.12. The molecule has 2 aromatic carbocycles. The lowest BCUT2D eigenvalue weighted by Crippen LogP contribution is -2.01. The first kappa shape index (κ1) is 10.7. The molecule has 0 radical (unpaired) electrons. The fourth-order valence-electron chi connectivity index (χ4n) is 1.69. The molecule has 2 N–H and O–H groups in total. The molecule has 0 amide bonds. The number of hydrogen-bond acceptors (Lipinski definition) is 2. The Morgan fingerprint density at radius 1 is 0.938 bits per heavy atom. The van der Waals surface area contributed by atoms with E-state index in [-0.39, 0.29) is 5.75 Å². The Morgan fingerprint density at radius 2 is 1.69 bits per heavy atom. The minimum atomic E-state index is -0.575. The van der Waals surface area contributed by atoms with Crippen molar-refractivity contribution in [1.29, 1.82) is 0 Å². The van der Waals surface area contributed by atoms with Crippen molar-refractivity contribution in [2.75, 3.05) is 0 Å². The highest BCUT2D eigenvalue weighted by Crippen LogP contribution is 2.21. The van der Waals surface area contributed by atoms with E-state index < -0.39 is 6.10 Å². The van der Waals surface area contributed by atoms with E-state index in [1.807, 2.05) is 36.4 Å². The molecule has 0 aliphatic carbocycles. The summed E-state index contributed by atoms with van der Waals surface area (Å²) in [6.07, 6.45) is -0.0147. The first-order valence-electron chi connectivity index (χ1n) is 5.26. The maximum atomic E-state index is 9.99. The van der Waals surface area contributed by atoms with Crippen molar-refractivity contribution in [3.63, 3.8) is 0 Å². The molecule has 0 saturated heterocycles. The van der Waals surface area contributed by atoms with Crippen LogP contribution in [0, 0.1) is 0 Å². The van der Waals surface area contributed by atoms with Crippen LogP contribution in [-0.2, 0) is 6.42 Å². The largest absolute Gasteiger partial charge is 0.508 e. The summed E-state index contributed by atoms with van der Waals surface area (Å²) in [6, 6.07) is 16.5. The lowest BCUT2D eigenvalue weighted by Gasteiger charge is -2.11. The van der Waals surface area contributed by atoms with Crippen LogP contribution in [0.3, 0.4) is 0 Å². The number of hydrogen-bond donors (Lipinski definition) is 2. The monoisotopic (exact) mass is 214 g/mol. The van der Waals surface area contributed by atoms with Crippen molar-refractivity contribution in [2.45, 2.75) is 12.5 Å². The second-order valence-electron chi connectivity index (χ2n) is 3.80. The van der Waals surface area contributed by atoms with Gasteiger partial charge in [0.1, 0.15) is 5.75 Å². The quantitative estimate of drug-likeness (QED) is 0.824. The summed E-state index contributed by atoms with van der Waals surface area (Å²) in [5.41, 5.74) is 1.82. The van der Waals surface area contributed by atoms with Crippen LogP contribution >= 0.6 is 0 Å². The smallest absolute Gasteiger partial charge is 0.115 e. The lowest BCUT2D eigenvalue weighted by molar-refractivity contribution is 0.178. The van der Waals surface area contributed by atoms with Crippen LogP contribution in [0.2, 0.25) is 0 Å². The highest BCUT2D eigenvalue weighted by molar-refractivity contribution is 5.29. The van der Waals surface area contributed by atoms with Crippen molar-refractivity contribution in [1.82, 2.24) is 0 Å². The summed E-state index contributed by atoms with van der Waals surface area (Å²) in [6.45, 7) is 0. The molecule has 1 atom stereocenters. The lowest BCUT2D eigenvalue weighted by atomic mass is 10.0. The third kappa shape index (κ3) is 2.61. The summed E-state index contributed by atoms with van der Waals surface area (Å²) in [5.74, 6) is 0.185. The van der Waals surface area contributed by atoms with Gasteiger partial charge < -0.3 is 10.2 Å². The normalized spacial score (nSPS) is 12.3. The van der Waals surface area contributed by atoms with Gasteiger partial charge in [-0.1, -0.05) is 42.5 Å². The Labute approximate surface area is 94.8 Å². The number of phenolic OH excluding ortho intramolecular Hbond substituents is 1. The molecule has 82 valence electrons. The molecule has 2 heteroatoms. The zero-order valence-corrected chi connectivity index (χ0v) is 8.88. The molecule has 0 aromatic heterocycles. The van der Waals surface area contributed by atoms with Gasteiger partial charge in [0, 0.05) is 6.42 Å². The van der Waals surface area contributed by atoms with Crippen LogP contribution in [-0.4, -0.2) is 10.2 Å². The van der Waals surface area contributed by atoms with Gasteiger partial charge in [-0.2, -0.15) is 0 Å². The number of aliphatic hydroxyl groups excluding tert-OH is 1. The van der Waals surface area contributed by atoms with Gasteiger partial charge in [0.05, 0.1) is 6.10 Å². The number of aromatic hydroxyl groups is 1. The van der Waals surface area contributed by atoms with Gasteiger partial charge in [0.15, 0.2) is 0 Å². The van der Waals surface area contributed by atoms with Gasteiger partial charge in [0.2, 0.25) is 0 Å². The average molecular weight is 214 g/mol. The molecule has 0 heterocycles. The Hall–Kier alpha value is -1.80. The highest BCUT2D eigenvalue weighted by atomic mass is 16.3. The fourth-order valence-corrected chi connectivity index (χ4v) is 1.69. The Kier molecular flexibility index (Phi) is 3.22. The fraction of sp³-hybridized carbons (Fsp3) is 0.143. The molecular formula is C14H14O2. The second-order valence-corrected chi connectivity index (χ2v) is 3.80. The zero-order chi connectivity index (χ0) is 11.4. The maximum Gasteiger partial charge on any atom is 0.115 e. The van der Waals surface area contributed by atoms with E-state index in [2.05, 4.69) is 0 Å². The van der Waals surface area contributed by atoms with Crippen molar-refractivity contribution in [3.05, 3.63) is 65.7 Å². The van der Waals surface area contributed by atoms with E-state index in [0.29, 0.717) is 6.42 Å². The van der Waals surface area contributed by atoms with Crippen LogP contribution in [0.5, 0.6) is 5.75 Å². The van der Waals surface area contributed by atoms with Gasteiger partial charge in [0.25, 0.3) is 0 Å². The van der Waals surface area contributed by atoms with Gasteiger partial charge in [-0.25, -0.2) is 0 Å². The first-order valence-corrected chi connectivity index (χ1v) is 5.26. The standard InChI is InChI=1S/C14H14O2/c15-13-8-4-7-12(10-13)14(16)9-11-5-2-1-3-6-11/h1-8,10,14-16H,9H2/t14-/m1/s1. The summed E-state index contributed by atoms with van der Waals surface area (Å²) in [5, 5.41) is 19.3. The van der Waals surface area contributed by atoms with Crippen molar-refractivity contribution >= 4 is 0 Å². The number of phenols is 1. The summed E-state index contributed by atoms with van der Waals surface area (Å²) < 4.78 is 0. The molecule has 16 heavy (non-hydrogen) atoms. The van der Waals surface area contributed by atoms with Gasteiger partial charge in [-0.3, -0.25) is 0 Å². The van der Waals surface area contributed by atoms with Crippen LogP contribution < -0.4 is 0 Å². The van der Waals surface area contributed by atoms with Gasteiger partial charge in [-0.05, 0) is 23.3 Å². The number of benzene rings is 2. The van der Waals surface area contributed by atoms with Crippen LogP contribution in [0.4, 0.5) is 0 Å². The third-order valence-electron chi connectivity index (χ3n) is 2.53. The predicted molar refractivity (Wildman–Crippen MR) is 63.2 cm³/mol. The van der Waals surface area contributed by atoms with E-state index in [0.717, 1.165) is 11.1 Å². The Morgan fingerprint density at radius 3 is 2.38 bits per heavy atom. The molecule has 0 bridgehead atoms. The van der Waals surface area contributed by atoms with E-state index in [1.54, 1.807) is 18.2 Å². The van der Waals surface area contributed by atoms with Gasteiger partial charge in [-0.15, -0.1) is 0 Å². The molecule has 0 aliphatic heterocycles. The molecule has 0 unspecified atom stereocenters. The summed E-state index contributed by atoms with van der Waals surface area (Å²) in [7, 11) is 0. The molecule has 2 nitrogen and oxygen atoms in total. The molecule has 2 aromatic rings. The van der Waals surface area contributed by atoms with Crippen molar-refractivity contribution < 1.29 is 10.2 Å². The van der Waals surface area contributed by atoms with Crippen molar-refractivity contribution in [3.8, 4) is 5.75 Å². The van der Waals surface area contributed by atoms with E-state index in [4.69, 9.17) is 0 Å². The molecular weight excluding hydrogens is 200 g/mol. The van der Waals surface area contributed by atoms with Crippen LogP contribution in [0.25, 0.3) is 0 Å². The van der Waals surface area contributed by atoms with E-state index >= 15 is 0 Å². The van der Waals surface area contributed by atoms with Crippen LogP contribution in [0.15, 0.2) is 54.6 Å². The average Bonchev–Trinajstić information content (AvgIpc) is 2.30. The van der Waals surface area contributed by atoms with Crippen molar-refractivity contribution in [2.24, 2.45) is 0 Å². The molecule has 0 spiro atoms. The minimum absolute atomic E-state index is 0.185. The van der Waals surface area contributed by atoms with E-state index in [9.17, 15) is 10.2 Å². The summed E-state index contributed by atoms with van der Waals surface area (Å²) in [4.78, 5) is 0.